The molecule has 113 heavy (non-hydrogen) atoms. The van der Waals surface area contributed by atoms with Crippen LogP contribution >= 0.6 is 11.3 Å². The molecule has 0 spiro atoms. The summed E-state index contributed by atoms with van der Waals surface area (Å²) in [7, 11) is 0. The average molecular weight is 1550 g/mol. The summed E-state index contributed by atoms with van der Waals surface area (Å²) in [5, 5.41) is 10.5. The second-order valence-corrected chi connectivity index (χ2v) is 38.0. The van der Waals surface area contributed by atoms with E-state index in [-0.39, 0.29) is 39.4 Å². The third kappa shape index (κ3) is 22.3. The van der Waals surface area contributed by atoms with Gasteiger partial charge < -0.3 is 30.3 Å². The van der Waals surface area contributed by atoms with Gasteiger partial charge in [0, 0.05) is 62.2 Å². The van der Waals surface area contributed by atoms with Crippen molar-refractivity contribution < 1.29 is 23.6 Å². The number of hydrogen-bond donors (Lipinski definition) is 4. The zero-order valence-corrected chi connectivity index (χ0v) is 73.8. The number of nitrogens with zero attached hydrogens (tertiary/aromatic N) is 2. The second-order valence-electron chi connectivity index (χ2n) is 36.9. The smallest absolute Gasteiger partial charge is 0.233 e. The monoisotopic (exact) mass is 1550 g/mol. The fraction of sp³-hybridized carbons (Fsp3) is 0.535. The largest absolute Gasteiger partial charge is 0.468 e. The molecule has 4 amide bonds. The highest BCUT2D eigenvalue weighted by molar-refractivity contribution is 7.19. The first-order valence-electron chi connectivity index (χ1n) is 43.4. The molecular formula is C101H140N6O5S. The van der Waals surface area contributed by atoms with Crippen LogP contribution in [-0.2, 0) is 31.0 Å². The van der Waals surface area contributed by atoms with Crippen molar-refractivity contribution in [1.29, 1.82) is 0 Å². The predicted molar refractivity (Wildman–Crippen MR) is 483 cm³/mol. The van der Waals surface area contributed by atoms with E-state index in [1.54, 1.807) is 6.26 Å². The van der Waals surface area contributed by atoms with Crippen LogP contribution in [0, 0.1) is 70.5 Å². The second kappa shape index (κ2) is 40.0. The number of allylic oxidation sites excluding steroid dienone is 3. The first kappa shape index (κ1) is 88.9. The molecule has 4 aliphatic carbocycles. The van der Waals surface area contributed by atoms with E-state index >= 15 is 0 Å². The molecule has 0 bridgehead atoms. The molecule has 5 aromatic carbocycles. The van der Waals surface area contributed by atoms with Gasteiger partial charge in [-0.3, -0.25) is 19.2 Å². The third-order valence-corrected chi connectivity index (χ3v) is 26.8. The maximum atomic E-state index is 13.4. The molecule has 610 valence electrons. The van der Waals surface area contributed by atoms with Crippen molar-refractivity contribution in [3.8, 4) is 11.1 Å². The minimum absolute atomic E-state index is 0.0938. The van der Waals surface area contributed by atoms with E-state index < -0.39 is 0 Å². The van der Waals surface area contributed by atoms with Gasteiger partial charge in [0.2, 0.25) is 23.6 Å². The molecule has 11 nitrogen and oxygen atoms in total. The van der Waals surface area contributed by atoms with Crippen molar-refractivity contribution in [1.82, 2.24) is 9.97 Å². The Morgan fingerprint density at radius 3 is 1.47 bits per heavy atom. The molecule has 12 heteroatoms. The third-order valence-electron chi connectivity index (χ3n) is 25.2. The predicted octanol–water partition coefficient (Wildman–Crippen LogP) is 28.2. The van der Waals surface area contributed by atoms with Crippen LogP contribution in [0.5, 0.6) is 0 Å². The summed E-state index contributed by atoms with van der Waals surface area (Å²) in [6, 6.07) is 37.6. The normalized spacial score (nSPS) is 16.9. The van der Waals surface area contributed by atoms with Crippen molar-refractivity contribution in [2.24, 2.45) is 63.6 Å². The van der Waals surface area contributed by atoms with Crippen LogP contribution in [0.15, 0.2) is 138 Å². The molecule has 8 aromatic rings. The molecule has 4 N–H and O–H groups in total. The van der Waals surface area contributed by atoms with Gasteiger partial charge in [0.15, 0.2) is 0 Å². The summed E-state index contributed by atoms with van der Waals surface area (Å²) in [4.78, 5) is 63.0. The Hall–Kier alpha value is -8.09. The Balaban J connectivity index is 0.000000162. The van der Waals surface area contributed by atoms with Gasteiger partial charge in [0.1, 0.15) is 11.6 Å². The molecular weight excluding hydrogens is 1410 g/mol. The first-order valence-corrected chi connectivity index (χ1v) is 44.3. The number of aryl methyl sites for hydroxylation is 1. The SMILES string of the molecule is CC(C)/C=C/c1ccc(NC(=O)C2(C(C)C)CCCC2)cc1.CC(C)/C=C/c1ccc2c(c1)CCN2C(=O)C1(C(C)C)CCCC1.CC(C)/C=C/c1ccc2nc(C3(C(C)C)CCCC3)[nH]c2c1.CC(C)c1cc(-c2ccc(NC(=O)C3(C(C)C)CCCC3)cc2)co1.Cc1c(C(C)C)sc2ccc(NC(=O)CC(C)C)cc12. The number of carbonyl (C=O) groups excluding carboxylic acids is 4. The Bertz CT molecular complexity index is 4500. The number of anilines is 4. The van der Waals surface area contributed by atoms with Gasteiger partial charge in [-0.25, -0.2) is 4.98 Å². The number of benzene rings is 5. The number of H-pyrrole nitrogens is 1. The van der Waals surface area contributed by atoms with Crippen molar-refractivity contribution in [3.05, 3.63) is 178 Å². The van der Waals surface area contributed by atoms with Gasteiger partial charge in [-0.2, -0.15) is 0 Å². The molecule has 4 fully saturated rings. The fourth-order valence-corrected chi connectivity index (χ4v) is 19.0. The number of amides is 4. The number of imidazole rings is 1. The maximum absolute atomic E-state index is 13.4. The zero-order chi connectivity index (χ0) is 82.1. The van der Waals surface area contributed by atoms with Crippen LogP contribution in [0.1, 0.15) is 304 Å². The van der Waals surface area contributed by atoms with E-state index in [0.717, 1.165) is 109 Å². The topological polar surface area (TPSA) is 149 Å². The fourth-order valence-electron chi connectivity index (χ4n) is 17.8. The van der Waals surface area contributed by atoms with Crippen LogP contribution in [0.2, 0.25) is 0 Å². The molecule has 1 aliphatic heterocycles. The Labute approximate surface area is 684 Å². The van der Waals surface area contributed by atoms with E-state index in [1.807, 2.05) is 53.8 Å². The minimum atomic E-state index is -0.199. The van der Waals surface area contributed by atoms with Gasteiger partial charge in [-0.15, -0.1) is 11.3 Å². The maximum Gasteiger partial charge on any atom is 0.233 e. The quantitative estimate of drug-likeness (QED) is 0.0531. The molecule has 3 aromatic heterocycles. The molecule has 4 saturated carbocycles. The molecule has 4 heterocycles. The molecule has 5 aliphatic rings. The highest BCUT2D eigenvalue weighted by atomic mass is 32.1. The van der Waals surface area contributed by atoms with E-state index in [1.165, 1.54) is 105 Å². The van der Waals surface area contributed by atoms with Crippen LogP contribution in [-0.4, -0.2) is 40.1 Å². The summed E-state index contributed by atoms with van der Waals surface area (Å²) in [6.07, 6.45) is 34.9. The molecule has 0 unspecified atom stereocenters. The summed E-state index contributed by atoms with van der Waals surface area (Å²) in [5.41, 5.74) is 14.4. The molecule has 0 radical (unpaired) electrons. The van der Waals surface area contributed by atoms with E-state index in [9.17, 15) is 19.2 Å². The van der Waals surface area contributed by atoms with Gasteiger partial charge in [-0.05, 0) is 230 Å². The van der Waals surface area contributed by atoms with Crippen LogP contribution < -0.4 is 20.9 Å². The number of aromatic nitrogens is 2. The summed E-state index contributed by atoms with van der Waals surface area (Å²) in [6.45, 7) is 46.7. The van der Waals surface area contributed by atoms with Crippen molar-refractivity contribution in [3.63, 3.8) is 0 Å². The lowest BCUT2D eigenvalue weighted by Crippen LogP contribution is -2.45. The molecule has 13 rings (SSSR count). The van der Waals surface area contributed by atoms with Crippen molar-refractivity contribution in [2.75, 3.05) is 27.4 Å². The van der Waals surface area contributed by atoms with Gasteiger partial charge >= 0.3 is 0 Å². The van der Waals surface area contributed by atoms with Crippen molar-refractivity contribution in [2.45, 2.75) is 278 Å². The highest BCUT2D eigenvalue weighted by Crippen LogP contribution is 2.50. The number of aromatic amines is 1. The van der Waals surface area contributed by atoms with Gasteiger partial charge in [0.25, 0.3) is 0 Å². The number of fused-ring (bicyclic) bond motifs is 3. The van der Waals surface area contributed by atoms with Crippen LogP contribution in [0.4, 0.5) is 22.7 Å². The summed E-state index contributed by atoms with van der Waals surface area (Å²) in [5.74, 6) is 7.87. The number of carbonyl (C=O) groups is 4. The number of hydrogen-bond acceptors (Lipinski definition) is 7. The van der Waals surface area contributed by atoms with E-state index in [2.05, 4.69) is 274 Å². The lowest BCUT2D eigenvalue weighted by atomic mass is 9.74. The van der Waals surface area contributed by atoms with Crippen LogP contribution in [0.25, 0.3) is 50.5 Å². The summed E-state index contributed by atoms with van der Waals surface area (Å²) >= 11 is 1.86. The van der Waals surface area contributed by atoms with Gasteiger partial charge in [0.05, 0.1) is 33.5 Å². The first-order chi connectivity index (χ1) is 53.7. The molecule has 0 atom stereocenters. The highest BCUT2D eigenvalue weighted by Gasteiger charge is 2.48. The Morgan fingerprint density at radius 2 is 0.982 bits per heavy atom. The Morgan fingerprint density at radius 1 is 0.504 bits per heavy atom. The lowest BCUT2D eigenvalue weighted by Gasteiger charge is -2.36. The standard InChI is InChI=1S/C22H29NO2.C22H31NO.C20H28N2.C20H29NO.C17H23NOS/c1-15(2)20-13-18(14-25-20)17-7-9-19(10-8-17)23-21(24)22(16(3)4)11-5-6-12-22;1-16(2)7-8-18-9-10-20-19(15-18)11-14-23(20)21(24)22(17(3)4)12-5-6-13-22;1-14(2)7-8-16-9-10-17-18(13-16)22-19(21-17)20(15(3)4)11-5-6-12-20;1-15(2)7-8-17-9-11-18(12-10-17)21-19(22)20(16(3)4)13-5-6-14-20;1-10(2)8-16(19)18-13-6-7-15-14(9-13)12(5)17(20-15)11(3)4/h7-10,13-16H,5-6,11-12H2,1-4H3,(H,23,24);7-10,15-17H,5-6,11-14H2,1-4H3;7-10,13-15H,5-6,11-12H2,1-4H3,(H,21,22);7-12,15-16H,5-6,13-14H2,1-4H3,(H,21,22);6-7,9-11H,8H2,1-5H3,(H,18,19)/b;3*8-7+;. The number of nitrogens with one attached hydrogen (secondary N) is 4. The Kier molecular flexibility index (Phi) is 31.4. The zero-order valence-electron chi connectivity index (χ0n) is 73.0. The lowest BCUT2D eigenvalue weighted by molar-refractivity contribution is -0.130. The number of rotatable bonds is 22. The minimum Gasteiger partial charge on any atom is -0.468 e. The van der Waals surface area contributed by atoms with E-state index in [0.29, 0.717) is 71.5 Å². The summed E-state index contributed by atoms with van der Waals surface area (Å²) < 4.78 is 6.91. The van der Waals surface area contributed by atoms with Crippen LogP contribution in [0.3, 0.4) is 0 Å². The number of thiophene rings is 1. The average Bonchev–Trinajstić information content (AvgIpc) is 1.63. The molecule has 0 saturated heterocycles. The number of furan rings is 1. The van der Waals surface area contributed by atoms with Crippen molar-refractivity contribution >= 4 is 97.1 Å². The van der Waals surface area contributed by atoms with E-state index in [4.69, 9.17) is 9.40 Å². The van der Waals surface area contributed by atoms with Gasteiger partial charge in [-0.1, -0.05) is 263 Å².